The Hall–Kier alpha value is -6.74. The number of nitrogens with one attached hydrogen (secondary N) is 6. The molecule has 6 N–H and O–H groups in total. The largest absolute Gasteiger partial charge is 0.492 e. The van der Waals surface area contributed by atoms with Gasteiger partial charge in [-0.15, -0.1) is 0 Å². The third-order valence-electron chi connectivity index (χ3n) is 16.0. The Morgan fingerprint density at radius 3 is 2.33 bits per heavy atom. The lowest BCUT2D eigenvalue weighted by atomic mass is 9.83. The fraction of sp³-hybridized carbons (Fsp3) is 0.545. The van der Waals surface area contributed by atoms with Gasteiger partial charge in [-0.1, -0.05) is 43.5 Å². The van der Waals surface area contributed by atoms with Crippen molar-refractivity contribution in [3.05, 3.63) is 83.1 Å². The van der Waals surface area contributed by atoms with Gasteiger partial charge in [0, 0.05) is 60.8 Å². The van der Waals surface area contributed by atoms with Crippen molar-refractivity contribution >= 4 is 62.0 Å². The van der Waals surface area contributed by atoms with Gasteiger partial charge in [0.25, 0.3) is 5.91 Å². The lowest BCUT2D eigenvalue weighted by Crippen LogP contribution is -2.58. The van der Waals surface area contributed by atoms with Crippen LogP contribution in [0.2, 0.25) is 0 Å². The number of aromatic amines is 1. The molecule has 4 amide bonds. The van der Waals surface area contributed by atoms with E-state index in [4.69, 9.17) is 4.74 Å². The second-order valence-electron chi connectivity index (χ2n) is 22.1. The highest BCUT2D eigenvalue weighted by Gasteiger charge is 2.45. The normalized spacial score (nSPS) is 20.4. The molecule has 5 atom stereocenters. The highest BCUT2D eigenvalue weighted by atomic mass is 32.2. The number of amides is 4. The minimum absolute atomic E-state index is 0.0594. The predicted molar refractivity (Wildman–Crippen MR) is 289 cm³/mol. The molecule has 0 radical (unpaired) electrons. The summed E-state index contributed by atoms with van der Waals surface area (Å²) in [6.07, 6.45) is 13.2. The molecule has 76 heavy (non-hydrogen) atoms. The SMILES string of the molecule is CN[C@@H](C)C(=O)N[C@H](C(=O)N1C[C@@H](NC(=O)c2cnc(N3CCC(COc4cc5ncnc(Nc6n[nH]c(C)c6C)c5cc4S(=O)(=O)C(C)(C)C)CC3)nc2)C[C@H]1C(=O)N[C@@H]1CCCc2ccccc21)C1CCCCC1. The van der Waals surface area contributed by atoms with Gasteiger partial charge in [0.2, 0.25) is 23.7 Å². The van der Waals surface area contributed by atoms with Gasteiger partial charge in [0.15, 0.2) is 15.7 Å². The maximum absolute atomic E-state index is 14.8. The minimum atomic E-state index is -3.88. The lowest BCUT2D eigenvalue weighted by molar-refractivity contribution is -0.143. The zero-order valence-electron chi connectivity index (χ0n) is 44.7. The number of anilines is 3. The van der Waals surface area contributed by atoms with Crippen LogP contribution < -0.4 is 36.2 Å². The monoisotopic (exact) mass is 1060 g/mol. The van der Waals surface area contributed by atoms with E-state index in [9.17, 15) is 27.6 Å². The number of fused-ring (bicyclic) bond motifs is 2. The molecule has 2 aliphatic heterocycles. The molecule has 5 aromatic rings. The van der Waals surface area contributed by atoms with E-state index in [1.165, 1.54) is 24.3 Å². The number of likely N-dealkylation sites (N-methyl/N-ethyl adjacent to an activating group) is 1. The first-order valence-corrected chi connectivity index (χ1v) is 28.4. The van der Waals surface area contributed by atoms with Gasteiger partial charge in [0.05, 0.1) is 34.5 Å². The van der Waals surface area contributed by atoms with Crippen LogP contribution in [0, 0.1) is 25.7 Å². The number of ether oxygens (including phenoxy) is 1. The van der Waals surface area contributed by atoms with Crippen molar-refractivity contribution in [2.75, 3.05) is 43.5 Å². The third-order valence-corrected chi connectivity index (χ3v) is 18.5. The van der Waals surface area contributed by atoms with Crippen LogP contribution in [0.5, 0.6) is 5.75 Å². The summed E-state index contributed by atoms with van der Waals surface area (Å²) < 4.78 is 33.5. The second kappa shape index (κ2) is 22.8. The molecule has 2 aliphatic carbocycles. The first-order valence-electron chi connectivity index (χ1n) is 26.9. The molecule has 2 saturated heterocycles. The molecule has 0 unspecified atom stereocenters. The first kappa shape index (κ1) is 54.1. The smallest absolute Gasteiger partial charge is 0.254 e. The van der Waals surface area contributed by atoms with E-state index in [1.807, 2.05) is 36.9 Å². The van der Waals surface area contributed by atoms with E-state index in [0.717, 1.165) is 81.0 Å². The van der Waals surface area contributed by atoms with Crippen molar-refractivity contribution < 1.29 is 32.3 Å². The number of carbonyl (C=O) groups is 4. The van der Waals surface area contributed by atoms with Gasteiger partial charge >= 0.3 is 0 Å². The Labute approximate surface area is 445 Å². The molecule has 20 nitrogen and oxygen atoms in total. The number of carbonyl (C=O) groups excluding carboxylic acids is 4. The number of nitrogens with zero attached hydrogens (tertiary/aromatic N) is 7. The summed E-state index contributed by atoms with van der Waals surface area (Å²) >= 11 is 0. The van der Waals surface area contributed by atoms with Crippen LogP contribution in [-0.4, -0.2) is 129 Å². The molecule has 4 aliphatic rings. The van der Waals surface area contributed by atoms with E-state index in [0.29, 0.717) is 41.6 Å². The molecule has 0 bridgehead atoms. The van der Waals surface area contributed by atoms with E-state index in [1.54, 1.807) is 51.8 Å². The van der Waals surface area contributed by atoms with Gasteiger partial charge in [-0.25, -0.2) is 28.4 Å². The van der Waals surface area contributed by atoms with Crippen molar-refractivity contribution in [3.63, 3.8) is 0 Å². The summed E-state index contributed by atoms with van der Waals surface area (Å²) in [5.41, 5.74) is 4.85. The highest BCUT2D eigenvalue weighted by Crippen LogP contribution is 2.39. The Balaban J connectivity index is 0.851. The second-order valence-corrected chi connectivity index (χ2v) is 24.7. The molecule has 3 fully saturated rings. The van der Waals surface area contributed by atoms with Gasteiger partial charge in [-0.05, 0) is 129 Å². The van der Waals surface area contributed by atoms with E-state index >= 15 is 0 Å². The molecular formula is C55H73N13O7S. The average Bonchev–Trinajstić information content (AvgIpc) is 4.00. The van der Waals surface area contributed by atoms with E-state index in [2.05, 4.69) is 62.8 Å². The lowest BCUT2D eigenvalue weighted by Gasteiger charge is -2.35. The van der Waals surface area contributed by atoms with Gasteiger partial charge < -0.3 is 41.1 Å². The van der Waals surface area contributed by atoms with Crippen LogP contribution in [0.15, 0.2) is 60.0 Å². The zero-order valence-corrected chi connectivity index (χ0v) is 45.6. The topological polar surface area (TPSA) is 259 Å². The quantitative estimate of drug-likeness (QED) is 0.0669. The van der Waals surface area contributed by atoms with Crippen molar-refractivity contribution in [2.45, 2.75) is 152 Å². The molecule has 5 heterocycles. The summed E-state index contributed by atoms with van der Waals surface area (Å²) in [7, 11) is -2.18. The molecule has 2 aromatic carbocycles. The third kappa shape index (κ3) is 11.6. The highest BCUT2D eigenvalue weighted by molar-refractivity contribution is 7.92. The number of hydrogen-bond donors (Lipinski definition) is 6. The van der Waals surface area contributed by atoms with Gasteiger partial charge in [-0.2, -0.15) is 5.10 Å². The Morgan fingerprint density at radius 1 is 0.895 bits per heavy atom. The fourth-order valence-corrected chi connectivity index (χ4v) is 12.3. The van der Waals surface area contributed by atoms with Crippen LogP contribution in [0.25, 0.3) is 10.9 Å². The molecule has 21 heteroatoms. The Bertz CT molecular complexity index is 3040. The number of piperidine rings is 1. The predicted octanol–water partition coefficient (Wildman–Crippen LogP) is 5.94. The standard InChI is InChI=1S/C55H73N13O7S/c1-32-33(2)65-66-48(32)64-49-41-25-46(76(73,74)55(4,5)6)45(26-43(41)59-31-60-49)75-30-35-20-22-67(23-21-35)54-57-27-38(28-58-54)51(70)61-39-24-44(52(71)62-42-19-13-17-36-14-11-12-18-40(36)42)68(29-39)53(72)47(37-15-9-8-10-16-37)63-50(69)34(3)56-7/h11-12,14,18,25-28,31,34-35,37,39,42,44,47,56H,8-10,13,15-17,19-24,29-30H2,1-7H3,(H,61,70)(H,62,71)(H,63,69)(H2,59,60,64,65,66)/t34-,39-,42+,44-,47-/m0/s1. The summed E-state index contributed by atoms with van der Waals surface area (Å²) in [5.74, 6) is 0.422. The number of likely N-dealkylation sites (tertiary alicyclic amines) is 1. The van der Waals surface area contributed by atoms with Crippen LogP contribution in [0.3, 0.4) is 0 Å². The molecule has 9 rings (SSSR count). The number of H-pyrrole nitrogens is 1. The molecule has 1 saturated carbocycles. The first-order chi connectivity index (χ1) is 36.4. The van der Waals surface area contributed by atoms with Crippen LogP contribution in [0.4, 0.5) is 17.6 Å². The maximum atomic E-state index is 14.8. The molecule has 0 spiro atoms. The zero-order chi connectivity index (χ0) is 53.9. The van der Waals surface area contributed by atoms with Crippen molar-refractivity contribution in [2.24, 2.45) is 11.8 Å². The summed E-state index contributed by atoms with van der Waals surface area (Å²) in [6, 6.07) is 8.41. The summed E-state index contributed by atoms with van der Waals surface area (Å²) in [6.45, 7) is 12.2. The number of aryl methyl sites for hydroxylation is 2. The van der Waals surface area contributed by atoms with Crippen LogP contribution >= 0.6 is 0 Å². The van der Waals surface area contributed by atoms with Crippen LogP contribution in [0.1, 0.15) is 131 Å². The summed E-state index contributed by atoms with van der Waals surface area (Å²) in [4.78, 5) is 78.4. The van der Waals surface area contributed by atoms with Gasteiger partial charge in [-0.3, -0.25) is 24.3 Å². The Kier molecular flexibility index (Phi) is 16.3. The number of hydrogen-bond acceptors (Lipinski definition) is 15. The van der Waals surface area contributed by atoms with E-state index in [-0.39, 0.29) is 71.4 Å². The number of sulfone groups is 1. The van der Waals surface area contributed by atoms with Crippen LogP contribution in [-0.2, 0) is 30.6 Å². The van der Waals surface area contributed by atoms with Crippen molar-refractivity contribution in [3.8, 4) is 5.75 Å². The van der Waals surface area contributed by atoms with Crippen molar-refractivity contribution in [1.29, 1.82) is 0 Å². The molecule has 406 valence electrons. The minimum Gasteiger partial charge on any atom is -0.492 e. The number of aromatic nitrogens is 6. The Morgan fingerprint density at radius 2 is 1.63 bits per heavy atom. The number of rotatable bonds is 16. The summed E-state index contributed by atoms with van der Waals surface area (Å²) in [5, 5.41) is 23.4. The van der Waals surface area contributed by atoms with E-state index < -0.39 is 44.7 Å². The molecule has 3 aromatic heterocycles. The fourth-order valence-electron chi connectivity index (χ4n) is 11.0. The maximum Gasteiger partial charge on any atom is 0.254 e. The van der Waals surface area contributed by atoms with Gasteiger partial charge in [0.1, 0.15) is 34.9 Å². The average molecular weight is 1060 g/mol. The molecular weight excluding hydrogens is 987 g/mol. The number of benzene rings is 2. The van der Waals surface area contributed by atoms with Crippen molar-refractivity contribution in [1.82, 2.24) is 56.3 Å².